The molecule has 3 aromatic rings. The monoisotopic (exact) mass is 480 g/mol. The Morgan fingerprint density at radius 2 is 1.76 bits per heavy atom. The third-order valence-electron chi connectivity index (χ3n) is 6.06. The van der Waals surface area contributed by atoms with Crippen LogP contribution in [-0.4, -0.2) is 46.3 Å². The molecule has 0 bridgehead atoms. The Labute approximate surface area is 202 Å². The Morgan fingerprint density at radius 1 is 1.09 bits per heavy atom. The van der Waals surface area contributed by atoms with Crippen LogP contribution in [0.4, 0.5) is 5.69 Å². The number of hydrogen-bond donors (Lipinski definition) is 1. The second-order valence-corrected chi connectivity index (χ2v) is 9.74. The van der Waals surface area contributed by atoms with Gasteiger partial charge in [0.15, 0.2) is 4.91 Å². The average Bonchev–Trinajstić information content (AvgIpc) is 3.21. The fraction of sp³-hybridized carbons (Fsp3) is 0.346. The van der Waals surface area contributed by atoms with Crippen molar-refractivity contribution in [2.75, 3.05) is 38.3 Å². The Hall–Kier alpha value is -3.12. The lowest BCUT2D eigenvalue weighted by molar-refractivity contribution is 0.204. The number of aromatic nitrogens is 1. The fourth-order valence-electron chi connectivity index (χ4n) is 4.17. The molecule has 0 radical (unpaired) electrons. The predicted octanol–water partition coefficient (Wildman–Crippen LogP) is 4.51. The van der Waals surface area contributed by atoms with Gasteiger partial charge in [0.05, 0.1) is 6.61 Å². The number of methoxy groups -OCH3 is 1. The van der Waals surface area contributed by atoms with Gasteiger partial charge >= 0.3 is 0 Å². The standard InChI is InChI=1S/C26H32N4O3S/c1-6-30(7-2)23-11-10-20-16-22(9-8-21(20)17-23)25-13-12-24(29(25)4)19(3)26(18-27)34(31,32)28-14-15-33-5/h8-13,16-17,28H,6-7,14-15H2,1-5H3/b26-19+. The zero-order valence-electron chi connectivity index (χ0n) is 20.4. The van der Waals surface area contributed by atoms with E-state index in [1.807, 2.05) is 29.8 Å². The van der Waals surface area contributed by atoms with Gasteiger partial charge in [-0.05, 0) is 67.4 Å². The number of hydrogen-bond acceptors (Lipinski definition) is 5. The SMILES string of the molecule is CCN(CC)c1ccc2cc(-c3ccc(/C(C)=C(\C#N)S(=O)(=O)NCCOC)n3C)ccc2c1. The molecular weight excluding hydrogens is 448 g/mol. The van der Waals surface area contributed by atoms with Crippen molar-refractivity contribution in [1.29, 1.82) is 5.26 Å². The molecule has 3 rings (SSSR count). The average molecular weight is 481 g/mol. The van der Waals surface area contributed by atoms with Gasteiger partial charge in [0, 0.05) is 56.4 Å². The molecule has 34 heavy (non-hydrogen) atoms. The first-order chi connectivity index (χ1) is 16.3. The number of nitrogens with one attached hydrogen (secondary N) is 1. The summed E-state index contributed by atoms with van der Waals surface area (Å²) in [6, 6.07) is 18.4. The molecular formula is C26H32N4O3S. The highest BCUT2D eigenvalue weighted by atomic mass is 32.2. The van der Waals surface area contributed by atoms with Gasteiger partial charge in [-0.25, -0.2) is 13.1 Å². The Morgan fingerprint density at radius 3 is 2.41 bits per heavy atom. The highest BCUT2D eigenvalue weighted by molar-refractivity contribution is 7.93. The molecule has 0 saturated heterocycles. The number of rotatable bonds is 10. The van der Waals surface area contributed by atoms with Gasteiger partial charge in [-0.2, -0.15) is 5.26 Å². The molecule has 1 N–H and O–H groups in total. The third kappa shape index (κ3) is 5.17. The van der Waals surface area contributed by atoms with Gasteiger partial charge in [-0.1, -0.05) is 18.2 Å². The molecule has 1 heterocycles. The van der Waals surface area contributed by atoms with Crippen molar-refractivity contribution in [2.24, 2.45) is 7.05 Å². The first-order valence-electron chi connectivity index (χ1n) is 11.3. The third-order valence-corrected chi connectivity index (χ3v) is 7.58. The molecule has 180 valence electrons. The summed E-state index contributed by atoms with van der Waals surface area (Å²) in [6.07, 6.45) is 0. The van der Waals surface area contributed by atoms with Gasteiger partial charge in [0.25, 0.3) is 10.0 Å². The van der Waals surface area contributed by atoms with E-state index in [2.05, 4.69) is 59.9 Å². The van der Waals surface area contributed by atoms with Crippen molar-refractivity contribution in [2.45, 2.75) is 20.8 Å². The van der Waals surface area contributed by atoms with Crippen molar-refractivity contribution in [3.63, 3.8) is 0 Å². The number of nitrogens with zero attached hydrogens (tertiary/aromatic N) is 3. The van der Waals surface area contributed by atoms with E-state index in [4.69, 9.17) is 4.74 Å². The summed E-state index contributed by atoms with van der Waals surface area (Å²) in [7, 11) is -0.572. The molecule has 8 heteroatoms. The minimum Gasteiger partial charge on any atom is -0.383 e. The van der Waals surface area contributed by atoms with E-state index in [1.165, 1.54) is 18.2 Å². The summed E-state index contributed by atoms with van der Waals surface area (Å²) >= 11 is 0. The molecule has 0 unspecified atom stereocenters. The summed E-state index contributed by atoms with van der Waals surface area (Å²) < 4.78 is 34.5. The number of benzene rings is 2. The van der Waals surface area contributed by atoms with Crippen molar-refractivity contribution in [1.82, 2.24) is 9.29 Å². The molecule has 7 nitrogen and oxygen atoms in total. The molecule has 0 aliphatic carbocycles. The van der Waals surface area contributed by atoms with E-state index in [9.17, 15) is 13.7 Å². The molecule has 2 aromatic carbocycles. The lowest BCUT2D eigenvalue weighted by Gasteiger charge is -2.21. The maximum atomic E-state index is 12.6. The quantitative estimate of drug-likeness (QED) is 0.341. The van der Waals surface area contributed by atoms with Crippen LogP contribution in [0.1, 0.15) is 26.5 Å². The highest BCUT2D eigenvalue weighted by Gasteiger charge is 2.22. The fourth-order valence-corrected chi connectivity index (χ4v) is 5.29. The number of anilines is 1. The number of fused-ring (bicyclic) bond motifs is 1. The van der Waals surface area contributed by atoms with Crippen molar-refractivity contribution < 1.29 is 13.2 Å². The second-order valence-electron chi connectivity index (χ2n) is 8.04. The Bertz CT molecular complexity index is 1350. The van der Waals surface area contributed by atoms with Crippen molar-refractivity contribution in [3.05, 3.63) is 59.1 Å². The number of ether oxygens (including phenoxy) is 1. The number of nitriles is 1. The van der Waals surface area contributed by atoms with E-state index in [0.717, 1.165) is 29.7 Å². The Balaban J connectivity index is 1.99. The largest absolute Gasteiger partial charge is 0.383 e. The number of allylic oxidation sites excluding steroid dienone is 2. The van der Waals surface area contributed by atoms with Gasteiger partial charge in [-0.3, -0.25) is 0 Å². The summed E-state index contributed by atoms with van der Waals surface area (Å²) in [5, 5.41) is 11.9. The van der Waals surface area contributed by atoms with Crippen LogP contribution in [0.5, 0.6) is 0 Å². The van der Waals surface area contributed by atoms with Crippen LogP contribution in [0.15, 0.2) is 53.4 Å². The summed E-state index contributed by atoms with van der Waals surface area (Å²) in [6.45, 7) is 8.20. The minimum absolute atomic E-state index is 0.1000. The van der Waals surface area contributed by atoms with Crippen LogP contribution in [-0.2, 0) is 21.8 Å². The molecule has 0 atom stereocenters. The minimum atomic E-state index is -3.94. The molecule has 1 aromatic heterocycles. The van der Waals surface area contributed by atoms with Gasteiger partial charge in [0.1, 0.15) is 6.07 Å². The first-order valence-corrected chi connectivity index (χ1v) is 12.8. The number of sulfonamides is 1. The van der Waals surface area contributed by atoms with Crippen LogP contribution in [0.25, 0.3) is 27.6 Å². The van der Waals surface area contributed by atoms with Crippen LogP contribution in [0.3, 0.4) is 0 Å². The summed E-state index contributed by atoms with van der Waals surface area (Å²) in [5.41, 5.74) is 4.22. The van der Waals surface area contributed by atoms with E-state index < -0.39 is 10.0 Å². The topological polar surface area (TPSA) is 87.4 Å². The molecule has 0 amide bonds. The normalized spacial score (nSPS) is 12.5. The smallest absolute Gasteiger partial charge is 0.251 e. The van der Waals surface area contributed by atoms with Crippen LogP contribution in [0.2, 0.25) is 0 Å². The van der Waals surface area contributed by atoms with E-state index in [1.54, 1.807) is 6.92 Å². The molecule has 0 aliphatic rings. The molecule has 0 spiro atoms. The lowest BCUT2D eigenvalue weighted by Crippen LogP contribution is -2.28. The molecule has 0 saturated carbocycles. The first kappa shape index (κ1) is 25.5. The maximum Gasteiger partial charge on any atom is 0.251 e. The van der Waals surface area contributed by atoms with Gasteiger partial charge < -0.3 is 14.2 Å². The van der Waals surface area contributed by atoms with E-state index >= 15 is 0 Å². The molecule has 0 fully saturated rings. The van der Waals surface area contributed by atoms with Crippen LogP contribution in [0, 0.1) is 11.3 Å². The van der Waals surface area contributed by atoms with Crippen molar-refractivity contribution >= 4 is 32.1 Å². The maximum absolute atomic E-state index is 12.6. The lowest BCUT2D eigenvalue weighted by atomic mass is 10.0. The zero-order valence-corrected chi connectivity index (χ0v) is 21.2. The van der Waals surface area contributed by atoms with Crippen molar-refractivity contribution in [3.8, 4) is 17.3 Å². The summed E-state index contributed by atoms with van der Waals surface area (Å²) in [4.78, 5) is 2.02. The Kier molecular flexibility index (Phi) is 8.15. The summed E-state index contributed by atoms with van der Waals surface area (Å²) in [5.74, 6) is 0. The zero-order chi connectivity index (χ0) is 24.9. The highest BCUT2D eigenvalue weighted by Crippen LogP contribution is 2.31. The van der Waals surface area contributed by atoms with E-state index in [-0.39, 0.29) is 18.1 Å². The second kappa shape index (κ2) is 10.9. The van der Waals surface area contributed by atoms with Gasteiger partial charge in [-0.15, -0.1) is 0 Å². The van der Waals surface area contributed by atoms with Crippen LogP contribution < -0.4 is 9.62 Å². The predicted molar refractivity (Wildman–Crippen MR) is 139 cm³/mol. The molecule has 0 aliphatic heterocycles. The van der Waals surface area contributed by atoms with E-state index in [0.29, 0.717) is 11.3 Å². The van der Waals surface area contributed by atoms with Gasteiger partial charge in [0.2, 0.25) is 0 Å². The van der Waals surface area contributed by atoms with Crippen LogP contribution >= 0.6 is 0 Å².